The summed E-state index contributed by atoms with van der Waals surface area (Å²) in [5.41, 5.74) is 14.2. The summed E-state index contributed by atoms with van der Waals surface area (Å²) in [6, 6.07) is 5.80. The van der Waals surface area contributed by atoms with Crippen molar-refractivity contribution in [2.75, 3.05) is 46.7 Å². The molecule has 0 aliphatic carbocycles. The van der Waals surface area contributed by atoms with Gasteiger partial charge in [0.05, 0.1) is 32.5 Å². The molecule has 0 spiro atoms. The van der Waals surface area contributed by atoms with Gasteiger partial charge in [0.15, 0.2) is 0 Å². The standard InChI is InChI=1S/C40H48N12O6S6/c41-21(15-59)31(53)47-25-5-1-3-11-43-33(55)27-17-61-37(51-27)39-50-24-10-8-20(14-30(24)64-39)46-36(58)26(48-32(54)22(42)16-60)6-2-4-12-44-34(56)28-18-62-38(52-28)40-49-23-9-7-19(45-35(25)57)13-29(23)63-40/h7-10,13-14,21-22,25-28,59-60H,1-6,11-12,15-18,41-42H2,(H,43,55)(H,44,56)(H,45,57)(H,46,58)(H,47,53)(H,48,54)/t21-,22-,25-,26-,27-,28-/m1/s1. The van der Waals surface area contributed by atoms with Crippen LogP contribution < -0.4 is 43.4 Å². The van der Waals surface area contributed by atoms with Crippen LogP contribution in [0.3, 0.4) is 0 Å². The maximum atomic E-state index is 13.6. The summed E-state index contributed by atoms with van der Waals surface area (Å²) in [5.74, 6) is -1.20. The van der Waals surface area contributed by atoms with Gasteiger partial charge in [0.25, 0.3) is 0 Å². The lowest BCUT2D eigenvalue weighted by atomic mass is 10.1. The quantitative estimate of drug-likeness (QED) is 0.125. The number of nitrogens with zero attached hydrogens (tertiary/aromatic N) is 4. The first kappa shape index (κ1) is 47.7. The van der Waals surface area contributed by atoms with Crippen LogP contribution >= 0.6 is 71.5 Å². The molecule has 0 fully saturated rings. The Morgan fingerprint density at radius 1 is 0.656 bits per heavy atom. The van der Waals surface area contributed by atoms with E-state index in [-0.39, 0.29) is 23.3 Å². The van der Waals surface area contributed by atoms with Crippen molar-refractivity contribution in [2.24, 2.45) is 21.5 Å². The number of aromatic nitrogens is 2. The van der Waals surface area contributed by atoms with Gasteiger partial charge in [-0.1, -0.05) is 0 Å². The molecule has 340 valence electrons. The molecule has 24 heteroatoms. The van der Waals surface area contributed by atoms with Crippen molar-refractivity contribution in [3.8, 4) is 0 Å². The number of nitrogens with two attached hydrogens (primary N) is 2. The number of anilines is 2. The lowest BCUT2D eigenvalue weighted by Gasteiger charge is -2.20. The van der Waals surface area contributed by atoms with Crippen LogP contribution in [0.5, 0.6) is 0 Å². The van der Waals surface area contributed by atoms with Gasteiger partial charge in [-0.05, 0) is 74.9 Å². The van der Waals surface area contributed by atoms with Gasteiger partial charge in [0.1, 0.15) is 44.3 Å². The van der Waals surface area contributed by atoms with Gasteiger partial charge in [-0.15, -0.1) is 46.2 Å². The zero-order valence-electron chi connectivity index (χ0n) is 34.3. The van der Waals surface area contributed by atoms with Crippen molar-refractivity contribution in [1.29, 1.82) is 0 Å². The highest BCUT2D eigenvalue weighted by Gasteiger charge is 2.30. The summed E-state index contributed by atoms with van der Waals surface area (Å²) < 4.78 is 1.58. The Hall–Kier alpha value is -4.30. The number of fused-ring (bicyclic) bond motifs is 8. The topological polar surface area (TPSA) is 277 Å². The van der Waals surface area contributed by atoms with Crippen molar-refractivity contribution in [3.63, 3.8) is 0 Å². The van der Waals surface area contributed by atoms with Crippen LogP contribution in [-0.4, -0.2) is 128 Å². The number of amides is 6. The minimum atomic E-state index is -0.900. The first-order valence-electron chi connectivity index (χ1n) is 20.6. The molecule has 4 aromatic rings. The van der Waals surface area contributed by atoms with E-state index in [4.69, 9.17) is 21.4 Å². The number of benzene rings is 2. The number of nitrogens with one attached hydrogen (secondary N) is 6. The van der Waals surface area contributed by atoms with E-state index in [0.717, 1.165) is 9.40 Å². The van der Waals surface area contributed by atoms with Crippen LogP contribution in [0.1, 0.15) is 48.5 Å². The number of thiol groups is 2. The molecule has 0 unspecified atom stereocenters. The Balaban J connectivity index is 1.09. The van der Waals surface area contributed by atoms with Gasteiger partial charge in [0.2, 0.25) is 35.4 Å². The van der Waals surface area contributed by atoms with E-state index in [9.17, 15) is 28.8 Å². The molecule has 0 saturated carbocycles. The Labute approximate surface area is 395 Å². The molecule has 6 atom stereocenters. The Bertz CT molecular complexity index is 2310. The predicted octanol–water partition coefficient (Wildman–Crippen LogP) is 2.28. The van der Waals surface area contributed by atoms with Crippen molar-refractivity contribution in [3.05, 3.63) is 46.4 Å². The average Bonchev–Trinajstić information content (AvgIpc) is 4.13. The molecule has 3 aliphatic rings. The van der Waals surface area contributed by atoms with Crippen LogP contribution in [0.15, 0.2) is 46.4 Å². The average molecular weight is 985 g/mol. The Morgan fingerprint density at radius 3 is 1.48 bits per heavy atom. The fourth-order valence-corrected chi connectivity index (χ4v) is 11.3. The second-order valence-corrected chi connectivity index (χ2v) is 20.0. The lowest BCUT2D eigenvalue weighted by molar-refractivity contribution is -0.127. The molecule has 5 heterocycles. The summed E-state index contributed by atoms with van der Waals surface area (Å²) in [6.07, 6.45) is 2.66. The number of hydrogen-bond donors (Lipinski definition) is 10. The molecule has 64 heavy (non-hydrogen) atoms. The highest BCUT2D eigenvalue weighted by Crippen LogP contribution is 2.33. The zero-order chi connectivity index (χ0) is 45.3. The smallest absolute Gasteiger partial charge is 0.246 e. The first-order chi connectivity index (χ1) is 30.9. The van der Waals surface area contributed by atoms with Crippen molar-refractivity contribution in [1.82, 2.24) is 31.2 Å². The van der Waals surface area contributed by atoms with E-state index in [0.29, 0.717) is 106 Å². The number of thiazole rings is 2. The van der Waals surface area contributed by atoms with Gasteiger partial charge in [-0.3, -0.25) is 38.8 Å². The second-order valence-electron chi connectivity index (χ2n) is 15.2. The zero-order valence-corrected chi connectivity index (χ0v) is 39.4. The third-order valence-corrected chi connectivity index (χ3v) is 15.6. The fraction of sp³-hybridized carbons (Fsp3) is 0.450. The molecular weight excluding hydrogens is 937 g/mol. The SMILES string of the molecule is N[C@H](CS)C(=O)N[C@@H]1CCCCNC(=O)[C@H]2CSC(=N2)c2nc3ccc(cc3s2)NC(=O)[C@H](NC(=O)[C@H](N)CS)CCCCNC(=O)[C@H]2CSC(=N2)c2nc3ccc(cc3s2)NC1=O. The largest absolute Gasteiger partial charge is 0.354 e. The van der Waals surface area contributed by atoms with E-state index in [2.05, 4.69) is 67.1 Å². The van der Waals surface area contributed by atoms with Crippen LogP contribution in [0.4, 0.5) is 11.4 Å². The summed E-state index contributed by atoms with van der Waals surface area (Å²) in [4.78, 5) is 97.9. The lowest BCUT2D eigenvalue weighted by Crippen LogP contribution is -2.50. The Morgan fingerprint density at radius 2 is 1.08 bits per heavy atom. The predicted molar refractivity (Wildman–Crippen MR) is 263 cm³/mol. The summed E-state index contributed by atoms with van der Waals surface area (Å²) in [6.45, 7) is 0.676. The molecule has 6 amide bonds. The highest BCUT2D eigenvalue weighted by molar-refractivity contribution is 8.15. The van der Waals surface area contributed by atoms with E-state index in [1.54, 1.807) is 36.4 Å². The molecule has 18 nitrogen and oxygen atoms in total. The number of carbonyl (C=O) groups is 6. The molecule has 7 rings (SSSR count). The minimum absolute atomic E-state index is 0.103. The molecular formula is C40H48N12O6S6. The van der Waals surface area contributed by atoms with Crippen molar-refractivity contribution >= 4 is 149 Å². The molecule has 10 N–H and O–H groups in total. The second kappa shape index (κ2) is 22.3. The first-order valence-corrected chi connectivity index (χ1v) is 25.5. The number of rotatable bonds is 6. The molecule has 10 bridgehead atoms. The monoisotopic (exact) mass is 984 g/mol. The fourth-order valence-electron chi connectivity index (χ4n) is 6.76. The number of aliphatic imine (C=N–C) groups is 2. The third kappa shape index (κ3) is 12.1. The van der Waals surface area contributed by atoms with Crippen molar-refractivity contribution < 1.29 is 28.8 Å². The molecule has 0 saturated heterocycles. The molecule has 2 aromatic heterocycles. The van der Waals surface area contributed by atoms with Crippen LogP contribution in [0.25, 0.3) is 20.4 Å². The molecule has 3 aliphatic heterocycles. The minimum Gasteiger partial charge on any atom is -0.354 e. The normalized spacial score (nSPS) is 22.9. The summed E-state index contributed by atoms with van der Waals surface area (Å²) >= 11 is 13.9. The van der Waals surface area contributed by atoms with Gasteiger partial charge >= 0.3 is 0 Å². The van der Waals surface area contributed by atoms with Crippen LogP contribution in [0, 0.1) is 0 Å². The van der Waals surface area contributed by atoms with Gasteiger partial charge in [0, 0.05) is 47.5 Å². The van der Waals surface area contributed by atoms with E-state index < -0.39 is 59.9 Å². The number of carbonyl (C=O) groups excluding carboxylic acids is 6. The van der Waals surface area contributed by atoms with Gasteiger partial charge in [-0.25, -0.2) is 9.97 Å². The third-order valence-electron chi connectivity index (χ3n) is 10.4. The van der Waals surface area contributed by atoms with Crippen LogP contribution in [-0.2, 0) is 28.8 Å². The van der Waals surface area contributed by atoms with Crippen molar-refractivity contribution in [2.45, 2.75) is 74.8 Å². The van der Waals surface area contributed by atoms with Gasteiger partial charge < -0.3 is 43.4 Å². The number of hydrogen-bond acceptors (Lipinski definition) is 18. The van der Waals surface area contributed by atoms with E-state index >= 15 is 0 Å². The van der Waals surface area contributed by atoms with E-state index in [1.807, 2.05) is 0 Å². The van der Waals surface area contributed by atoms with E-state index in [1.165, 1.54) is 46.2 Å². The summed E-state index contributed by atoms with van der Waals surface area (Å²) in [7, 11) is 0. The maximum absolute atomic E-state index is 13.6. The molecule has 0 radical (unpaired) electrons. The highest BCUT2D eigenvalue weighted by atomic mass is 32.2. The van der Waals surface area contributed by atoms with Gasteiger partial charge in [-0.2, -0.15) is 25.3 Å². The van der Waals surface area contributed by atoms with Crippen LogP contribution in [0.2, 0.25) is 0 Å². The Kier molecular flexibility index (Phi) is 16.6. The maximum Gasteiger partial charge on any atom is 0.246 e. The number of thioether (sulfide) groups is 2. The molecule has 2 aromatic carbocycles. The summed E-state index contributed by atoms with van der Waals surface area (Å²) in [5, 5.41) is 19.8.